The molecule has 82 valence electrons. The Labute approximate surface area is 80.1 Å². The Kier molecular flexibility index (Phi) is 12.2. The van der Waals surface area contributed by atoms with Gasteiger partial charge in [-0.05, 0) is 6.42 Å². The van der Waals surface area contributed by atoms with Crippen LogP contribution in [0, 0.1) is 0 Å². The van der Waals surface area contributed by atoms with Crippen LogP contribution >= 0.6 is 7.60 Å². The highest BCUT2D eigenvalue weighted by molar-refractivity contribution is 7.50. The van der Waals surface area contributed by atoms with Crippen LogP contribution in [0.4, 0.5) is 0 Å². The molecule has 0 fully saturated rings. The van der Waals surface area contributed by atoms with E-state index in [-0.39, 0.29) is 0 Å². The zero-order chi connectivity index (χ0) is 10.7. The van der Waals surface area contributed by atoms with E-state index in [0.29, 0.717) is 6.61 Å². The predicted molar refractivity (Wildman–Crippen MR) is 53.8 cm³/mol. The summed E-state index contributed by atoms with van der Waals surface area (Å²) in [4.78, 5) is 15.3. The van der Waals surface area contributed by atoms with Crippen molar-refractivity contribution in [3.63, 3.8) is 0 Å². The molecular weight excluding hydrogens is 191 g/mol. The van der Waals surface area contributed by atoms with Crippen molar-refractivity contribution in [1.82, 2.24) is 0 Å². The highest BCUT2D eigenvalue weighted by atomic mass is 31.2. The van der Waals surface area contributed by atoms with Crippen molar-refractivity contribution in [2.45, 2.75) is 39.0 Å². The summed E-state index contributed by atoms with van der Waals surface area (Å²) >= 11 is 0. The fraction of sp³-hybridized carbons (Fsp3) is 1.00. The highest BCUT2D eigenvalue weighted by Gasteiger charge is 1.95. The molecule has 3 N–H and O–H groups in total. The molecule has 4 nitrogen and oxygen atoms in total. The van der Waals surface area contributed by atoms with E-state index >= 15 is 0 Å². The molecule has 0 aromatic heterocycles. The molecule has 5 heteroatoms. The van der Waals surface area contributed by atoms with Gasteiger partial charge in [0, 0.05) is 13.3 Å². The van der Waals surface area contributed by atoms with Gasteiger partial charge in [-0.1, -0.05) is 32.6 Å². The largest absolute Gasteiger partial charge is 0.396 e. The second kappa shape index (κ2) is 10.2. The Morgan fingerprint density at radius 3 is 1.77 bits per heavy atom. The molecule has 0 aromatic rings. The number of unbranched alkanes of at least 4 members (excludes halogenated alkanes) is 4. The molecule has 0 unspecified atom stereocenters. The first-order valence-corrected chi connectivity index (χ1v) is 6.61. The number of aliphatic hydroxyl groups excluding tert-OH is 1. The molecule has 0 spiro atoms. The topological polar surface area (TPSA) is 77.8 Å². The number of rotatable bonds is 5. The lowest BCUT2D eigenvalue weighted by Gasteiger charge is -1.93. The average molecular weight is 212 g/mol. The van der Waals surface area contributed by atoms with Gasteiger partial charge in [-0.25, -0.2) is 0 Å². The monoisotopic (exact) mass is 212 g/mol. The third kappa shape index (κ3) is 47.4. The Bertz CT molecular complexity index is 118. The van der Waals surface area contributed by atoms with Crippen LogP contribution in [0.3, 0.4) is 0 Å². The smallest absolute Gasteiger partial charge is 0.322 e. The van der Waals surface area contributed by atoms with Gasteiger partial charge in [0.2, 0.25) is 0 Å². The molecule has 0 bridgehead atoms. The van der Waals surface area contributed by atoms with Gasteiger partial charge in [-0.3, -0.25) is 4.57 Å². The predicted octanol–water partition coefficient (Wildman–Crippen LogP) is 1.74. The summed E-state index contributed by atoms with van der Waals surface area (Å²) in [7, 11) is -3.64. The van der Waals surface area contributed by atoms with Crippen LogP contribution in [-0.2, 0) is 4.57 Å². The van der Waals surface area contributed by atoms with Crippen molar-refractivity contribution in [2.75, 3.05) is 13.3 Å². The Hall–Kier alpha value is 0.110. The second-order valence-corrected chi connectivity index (χ2v) is 4.64. The third-order valence-electron chi connectivity index (χ3n) is 1.26. The molecule has 0 atom stereocenters. The van der Waals surface area contributed by atoms with E-state index in [9.17, 15) is 4.57 Å². The van der Waals surface area contributed by atoms with Crippen LogP contribution in [0.2, 0.25) is 0 Å². The maximum Gasteiger partial charge on any atom is 0.322 e. The molecule has 0 aliphatic heterocycles. The fourth-order valence-electron chi connectivity index (χ4n) is 0.715. The van der Waals surface area contributed by atoms with Crippen molar-refractivity contribution >= 4 is 7.60 Å². The van der Waals surface area contributed by atoms with Crippen molar-refractivity contribution < 1.29 is 19.5 Å². The lowest BCUT2D eigenvalue weighted by atomic mass is 10.2. The first-order chi connectivity index (χ1) is 5.91. The van der Waals surface area contributed by atoms with Crippen LogP contribution < -0.4 is 0 Å². The lowest BCUT2D eigenvalue weighted by Crippen LogP contribution is -1.81. The number of hydrogen-bond donors (Lipinski definition) is 3. The Morgan fingerprint density at radius 2 is 1.46 bits per heavy atom. The van der Waals surface area contributed by atoms with Crippen LogP contribution in [0.15, 0.2) is 0 Å². The first kappa shape index (κ1) is 15.6. The molecule has 0 aliphatic rings. The summed E-state index contributed by atoms with van der Waals surface area (Å²) in [6.45, 7) is 3.41. The average Bonchev–Trinajstić information content (AvgIpc) is 1.95. The summed E-state index contributed by atoms with van der Waals surface area (Å²) < 4.78 is 9.33. The summed E-state index contributed by atoms with van der Waals surface area (Å²) in [5.74, 6) is 0. The van der Waals surface area contributed by atoms with Gasteiger partial charge in [0.1, 0.15) is 0 Å². The van der Waals surface area contributed by atoms with Crippen LogP contribution in [0.25, 0.3) is 0 Å². The Balaban J connectivity index is 0. The van der Waals surface area contributed by atoms with Crippen molar-refractivity contribution in [3.05, 3.63) is 0 Å². The van der Waals surface area contributed by atoms with Crippen LogP contribution in [-0.4, -0.2) is 28.2 Å². The summed E-state index contributed by atoms with van der Waals surface area (Å²) in [6.07, 6.45) is 6.08. The van der Waals surface area contributed by atoms with Gasteiger partial charge in [0.15, 0.2) is 0 Å². The normalized spacial score (nSPS) is 10.5. The van der Waals surface area contributed by atoms with Gasteiger partial charge in [-0.2, -0.15) is 0 Å². The fourth-order valence-corrected chi connectivity index (χ4v) is 0.715. The minimum atomic E-state index is -3.64. The Morgan fingerprint density at radius 1 is 1.08 bits per heavy atom. The summed E-state index contributed by atoms with van der Waals surface area (Å²) in [5, 5.41) is 8.37. The molecular formula is C8H21O4P. The van der Waals surface area contributed by atoms with Crippen molar-refractivity contribution in [2.24, 2.45) is 0 Å². The molecule has 0 heterocycles. The number of hydrogen-bond acceptors (Lipinski definition) is 2. The van der Waals surface area contributed by atoms with Gasteiger partial charge in [0.25, 0.3) is 0 Å². The molecule has 0 saturated carbocycles. The molecule has 0 saturated heterocycles. The maximum atomic E-state index is 9.33. The van der Waals surface area contributed by atoms with Crippen LogP contribution in [0.1, 0.15) is 39.0 Å². The van der Waals surface area contributed by atoms with E-state index in [0.717, 1.165) is 13.1 Å². The van der Waals surface area contributed by atoms with E-state index < -0.39 is 7.60 Å². The minimum Gasteiger partial charge on any atom is -0.396 e. The standard InChI is InChI=1S/C7H16O.CH5O3P/c1-2-3-4-5-6-7-8;1-5(2,3)4/h8H,2-7H2,1H3;1H3,(H2,2,3,4). The summed E-state index contributed by atoms with van der Waals surface area (Å²) in [6, 6.07) is 0. The van der Waals surface area contributed by atoms with E-state index in [2.05, 4.69) is 6.92 Å². The van der Waals surface area contributed by atoms with Gasteiger partial charge in [0.05, 0.1) is 0 Å². The molecule has 0 rings (SSSR count). The van der Waals surface area contributed by atoms with Gasteiger partial charge in [-0.15, -0.1) is 0 Å². The van der Waals surface area contributed by atoms with Crippen molar-refractivity contribution in [3.8, 4) is 0 Å². The van der Waals surface area contributed by atoms with Gasteiger partial charge >= 0.3 is 7.60 Å². The quantitative estimate of drug-likeness (QED) is 0.479. The molecule has 0 radical (unpaired) electrons. The van der Waals surface area contributed by atoms with E-state index in [1.807, 2.05) is 0 Å². The summed E-state index contributed by atoms with van der Waals surface area (Å²) in [5.41, 5.74) is 0. The SMILES string of the molecule is CCCCCCCO.CP(=O)(O)O. The minimum absolute atomic E-state index is 0.365. The maximum absolute atomic E-state index is 9.33. The van der Waals surface area contributed by atoms with E-state index in [4.69, 9.17) is 14.9 Å². The molecule has 0 amide bonds. The first-order valence-electron chi connectivity index (χ1n) is 4.55. The zero-order valence-electron chi connectivity index (χ0n) is 8.44. The molecule has 13 heavy (non-hydrogen) atoms. The van der Waals surface area contributed by atoms with E-state index in [1.54, 1.807) is 0 Å². The van der Waals surface area contributed by atoms with Crippen molar-refractivity contribution in [1.29, 1.82) is 0 Å². The molecule has 0 aliphatic carbocycles. The zero-order valence-corrected chi connectivity index (χ0v) is 9.33. The van der Waals surface area contributed by atoms with Gasteiger partial charge < -0.3 is 14.9 Å². The van der Waals surface area contributed by atoms with Crippen LogP contribution in [0.5, 0.6) is 0 Å². The molecule has 0 aromatic carbocycles. The lowest BCUT2D eigenvalue weighted by molar-refractivity contribution is 0.282. The highest BCUT2D eigenvalue weighted by Crippen LogP contribution is 2.26. The van der Waals surface area contributed by atoms with E-state index in [1.165, 1.54) is 25.7 Å². The second-order valence-electron chi connectivity index (χ2n) is 2.97. The third-order valence-corrected chi connectivity index (χ3v) is 1.26. The number of aliphatic hydroxyl groups is 1.